The highest BCUT2D eigenvalue weighted by atomic mass is 19.1. The first-order valence-electron chi connectivity index (χ1n) is 6.33. The molecule has 0 radical (unpaired) electrons. The molecule has 2 aromatic rings. The average molecular weight is 277 g/mol. The third-order valence-electron chi connectivity index (χ3n) is 3.27. The summed E-state index contributed by atoms with van der Waals surface area (Å²) in [7, 11) is 3.35. The zero-order valence-corrected chi connectivity index (χ0v) is 11.7. The SMILES string of the molecule is CNC(c1cc(F)cc(F)c1)c1ccc(C)c(OC)c1. The molecule has 0 saturated carbocycles. The monoisotopic (exact) mass is 277 g/mol. The molecule has 0 aromatic heterocycles. The Kier molecular flexibility index (Phi) is 4.35. The summed E-state index contributed by atoms with van der Waals surface area (Å²) in [5.41, 5.74) is 2.44. The van der Waals surface area contributed by atoms with Crippen LogP contribution in [0.5, 0.6) is 5.75 Å². The van der Waals surface area contributed by atoms with Crippen LogP contribution in [0.15, 0.2) is 36.4 Å². The Balaban J connectivity index is 2.46. The number of aryl methyl sites for hydroxylation is 1. The Morgan fingerprint density at radius 2 is 1.65 bits per heavy atom. The predicted molar refractivity (Wildman–Crippen MR) is 75.0 cm³/mol. The lowest BCUT2D eigenvalue weighted by atomic mass is 9.97. The van der Waals surface area contributed by atoms with Gasteiger partial charge in [-0.25, -0.2) is 8.78 Å². The number of hydrogen-bond acceptors (Lipinski definition) is 2. The third kappa shape index (κ3) is 2.96. The van der Waals surface area contributed by atoms with Gasteiger partial charge in [-0.1, -0.05) is 12.1 Å². The Morgan fingerprint density at radius 1 is 1.00 bits per heavy atom. The zero-order chi connectivity index (χ0) is 14.7. The highest BCUT2D eigenvalue weighted by Crippen LogP contribution is 2.28. The van der Waals surface area contributed by atoms with Gasteiger partial charge in [-0.3, -0.25) is 0 Å². The van der Waals surface area contributed by atoms with Gasteiger partial charge in [0.2, 0.25) is 0 Å². The maximum absolute atomic E-state index is 13.4. The summed E-state index contributed by atoms with van der Waals surface area (Å²) in [5.74, 6) is -0.418. The molecule has 2 rings (SSSR count). The van der Waals surface area contributed by atoms with Gasteiger partial charge in [-0.2, -0.15) is 0 Å². The van der Waals surface area contributed by atoms with Gasteiger partial charge in [0.1, 0.15) is 17.4 Å². The number of benzene rings is 2. The molecule has 0 amide bonds. The summed E-state index contributed by atoms with van der Waals surface area (Å²) < 4.78 is 32.0. The Hall–Kier alpha value is -1.94. The second kappa shape index (κ2) is 6.01. The molecule has 0 aliphatic carbocycles. The van der Waals surface area contributed by atoms with E-state index >= 15 is 0 Å². The molecule has 0 fully saturated rings. The van der Waals surface area contributed by atoms with E-state index in [2.05, 4.69) is 5.32 Å². The van der Waals surface area contributed by atoms with Gasteiger partial charge >= 0.3 is 0 Å². The van der Waals surface area contributed by atoms with Gasteiger partial charge in [0.15, 0.2) is 0 Å². The zero-order valence-electron chi connectivity index (χ0n) is 11.7. The van der Waals surface area contributed by atoms with Crippen molar-refractivity contribution < 1.29 is 13.5 Å². The first-order valence-corrected chi connectivity index (χ1v) is 6.33. The molecule has 0 aliphatic heterocycles. The topological polar surface area (TPSA) is 21.3 Å². The molecule has 0 aliphatic rings. The van der Waals surface area contributed by atoms with Gasteiger partial charge in [0.25, 0.3) is 0 Å². The van der Waals surface area contributed by atoms with Crippen molar-refractivity contribution in [2.45, 2.75) is 13.0 Å². The average Bonchev–Trinajstić information content (AvgIpc) is 2.40. The molecule has 1 atom stereocenters. The van der Waals surface area contributed by atoms with E-state index in [9.17, 15) is 8.78 Å². The van der Waals surface area contributed by atoms with Crippen LogP contribution in [0.1, 0.15) is 22.7 Å². The highest BCUT2D eigenvalue weighted by molar-refractivity contribution is 5.41. The maximum atomic E-state index is 13.4. The Bertz CT molecular complexity index is 593. The number of nitrogens with one attached hydrogen (secondary N) is 1. The first-order chi connectivity index (χ1) is 9.55. The van der Waals surface area contributed by atoms with Crippen molar-refractivity contribution in [3.8, 4) is 5.75 Å². The molecule has 106 valence electrons. The summed E-state index contributed by atoms with van der Waals surface area (Å²) in [6, 6.07) is 8.95. The van der Waals surface area contributed by atoms with Crippen LogP contribution in [0.2, 0.25) is 0 Å². The lowest BCUT2D eigenvalue weighted by Gasteiger charge is -2.19. The quantitative estimate of drug-likeness (QED) is 0.922. The van der Waals surface area contributed by atoms with Gasteiger partial charge < -0.3 is 10.1 Å². The lowest BCUT2D eigenvalue weighted by molar-refractivity contribution is 0.410. The number of rotatable bonds is 4. The molecule has 1 N–H and O–H groups in total. The molecule has 20 heavy (non-hydrogen) atoms. The van der Waals surface area contributed by atoms with Crippen molar-refractivity contribution in [2.24, 2.45) is 0 Å². The summed E-state index contributed by atoms with van der Waals surface area (Å²) in [6.45, 7) is 1.94. The molecular weight excluding hydrogens is 260 g/mol. The highest BCUT2D eigenvalue weighted by Gasteiger charge is 2.15. The van der Waals surface area contributed by atoms with Crippen molar-refractivity contribution in [2.75, 3.05) is 14.2 Å². The van der Waals surface area contributed by atoms with E-state index in [1.54, 1.807) is 14.2 Å². The molecule has 1 unspecified atom stereocenters. The molecule has 0 heterocycles. The number of methoxy groups -OCH3 is 1. The van der Waals surface area contributed by atoms with Gasteiger partial charge in [0.05, 0.1) is 13.2 Å². The fraction of sp³-hybridized carbons (Fsp3) is 0.250. The van der Waals surface area contributed by atoms with Crippen LogP contribution < -0.4 is 10.1 Å². The van der Waals surface area contributed by atoms with Crippen LogP contribution >= 0.6 is 0 Å². The van der Waals surface area contributed by atoms with E-state index in [-0.39, 0.29) is 6.04 Å². The fourth-order valence-electron chi connectivity index (χ4n) is 2.28. The van der Waals surface area contributed by atoms with E-state index < -0.39 is 11.6 Å². The van der Waals surface area contributed by atoms with Crippen molar-refractivity contribution in [3.05, 3.63) is 64.7 Å². The van der Waals surface area contributed by atoms with Crippen molar-refractivity contribution >= 4 is 0 Å². The predicted octanol–water partition coefficient (Wildman–Crippen LogP) is 3.59. The second-order valence-corrected chi connectivity index (χ2v) is 4.65. The summed E-state index contributed by atoms with van der Waals surface area (Å²) in [6.07, 6.45) is 0. The standard InChI is InChI=1S/C16H17F2NO/c1-10-4-5-11(8-15(10)20-3)16(19-2)12-6-13(17)9-14(18)7-12/h4-9,16,19H,1-3H3. The van der Waals surface area contributed by atoms with Crippen LogP contribution in [0, 0.1) is 18.6 Å². The van der Waals surface area contributed by atoms with Crippen LogP contribution in [0.4, 0.5) is 8.78 Å². The summed E-state index contributed by atoms with van der Waals surface area (Å²) in [5, 5.41) is 3.07. The van der Waals surface area contributed by atoms with Crippen molar-refractivity contribution in [3.63, 3.8) is 0 Å². The molecule has 2 nitrogen and oxygen atoms in total. The van der Waals surface area contributed by atoms with Gasteiger partial charge in [-0.15, -0.1) is 0 Å². The third-order valence-corrected chi connectivity index (χ3v) is 3.27. The van der Waals surface area contributed by atoms with Crippen molar-refractivity contribution in [1.29, 1.82) is 0 Å². The molecular formula is C16H17F2NO. The van der Waals surface area contributed by atoms with E-state index in [1.807, 2.05) is 25.1 Å². The van der Waals surface area contributed by atoms with Crippen LogP contribution in [-0.2, 0) is 0 Å². The first kappa shape index (κ1) is 14.5. The Labute approximate surface area is 117 Å². The summed E-state index contributed by atoms with van der Waals surface area (Å²) >= 11 is 0. The largest absolute Gasteiger partial charge is 0.496 e. The fourth-order valence-corrected chi connectivity index (χ4v) is 2.28. The van der Waals surface area contributed by atoms with E-state index in [1.165, 1.54) is 12.1 Å². The molecule has 0 saturated heterocycles. The molecule has 0 bridgehead atoms. The molecule has 2 aromatic carbocycles. The summed E-state index contributed by atoms with van der Waals surface area (Å²) in [4.78, 5) is 0. The van der Waals surface area contributed by atoms with E-state index in [4.69, 9.17) is 4.74 Å². The molecule has 0 spiro atoms. The van der Waals surface area contributed by atoms with Crippen LogP contribution in [-0.4, -0.2) is 14.2 Å². The van der Waals surface area contributed by atoms with Gasteiger partial charge in [-0.05, 0) is 48.9 Å². The number of halogens is 2. The lowest BCUT2D eigenvalue weighted by Crippen LogP contribution is -2.18. The van der Waals surface area contributed by atoms with Crippen LogP contribution in [0.25, 0.3) is 0 Å². The maximum Gasteiger partial charge on any atom is 0.126 e. The smallest absolute Gasteiger partial charge is 0.126 e. The van der Waals surface area contributed by atoms with Crippen molar-refractivity contribution in [1.82, 2.24) is 5.32 Å². The molecule has 4 heteroatoms. The van der Waals surface area contributed by atoms with Gasteiger partial charge in [0, 0.05) is 6.07 Å². The van der Waals surface area contributed by atoms with E-state index in [0.717, 1.165) is 22.9 Å². The minimum atomic E-state index is -0.584. The Morgan fingerprint density at radius 3 is 2.20 bits per heavy atom. The minimum absolute atomic E-state index is 0.297. The van der Waals surface area contributed by atoms with Crippen LogP contribution in [0.3, 0.4) is 0 Å². The number of ether oxygens (including phenoxy) is 1. The second-order valence-electron chi connectivity index (χ2n) is 4.65. The minimum Gasteiger partial charge on any atom is -0.496 e. The van der Waals surface area contributed by atoms with E-state index in [0.29, 0.717) is 5.56 Å². The number of hydrogen-bond donors (Lipinski definition) is 1. The normalized spacial score (nSPS) is 12.2.